The maximum Gasteiger partial charge on any atom is 0.264 e. The zero-order chi connectivity index (χ0) is 12.5. The molecule has 0 amide bonds. The summed E-state index contributed by atoms with van der Waals surface area (Å²) >= 11 is 2.36. The first-order valence-corrected chi connectivity index (χ1v) is 7.70. The van der Waals surface area contributed by atoms with E-state index >= 15 is 0 Å². The van der Waals surface area contributed by atoms with E-state index in [0.29, 0.717) is 9.75 Å². The minimum atomic E-state index is -3.65. The van der Waals surface area contributed by atoms with Crippen LogP contribution in [0.4, 0.5) is 5.13 Å². The van der Waals surface area contributed by atoms with Crippen LogP contribution in [0, 0.1) is 6.92 Å². The lowest BCUT2D eigenvalue weighted by Gasteiger charge is -2.02. The van der Waals surface area contributed by atoms with Crippen molar-refractivity contribution >= 4 is 37.8 Å². The minimum Gasteiger partial charge on any atom is -0.391 e. The largest absolute Gasteiger partial charge is 0.391 e. The fourth-order valence-corrected chi connectivity index (χ4v) is 4.45. The Labute approximate surface area is 106 Å². The summed E-state index contributed by atoms with van der Waals surface area (Å²) in [5.41, 5.74) is 1.44. The molecular weight excluding hydrogens is 282 g/mol. The van der Waals surface area contributed by atoms with Crippen LogP contribution in [0.15, 0.2) is 16.5 Å². The second-order valence-electron chi connectivity index (χ2n) is 3.14. The van der Waals surface area contributed by atoms with Crippen molar-refractivity contribution in [2.24, 2.45) is 0 Å². The molecule has 0 saturated carbocycles. The first-order valence-electron chi connectivity index (χ1n) is 4.52. The molecule has 17 heavy (non-hydrogen) atoms. The Morgan fingerprint density at radius 1 is 1.53 bits per heavy atom. The van der Waals surface area contributed by atoms with Crippen molar-refractivity contribution in [3.05, 3.63) is 21.3 Å². The van der Waals surface area contributed by atoms with E-state index < -0.39 is 10.0 Å². The van der Waals surface area contributed by atoms with Crippen molar-refractivity contribution in [1.29, 1.82) is 0 Å². The Balaban J connectivity index is 2.34. The summed E-state index contributed by atoms with van der Waals surface area (Å²) in [6, 6.07) is 1.46. The summed E-state index contributed by atoms with van der Waals surface area (Å²) in [7, 11) is -3.65. The first-order chi connectivity index (χ1) is 8.03. The molecule has 2 heterocycles. The molecule has 2 aromatic heterocycles. The highest BCUT2D eigenvalue weighted by atomic mass is 32.2. The van der Waals surface area contributed by atoms with Gasteiger partial charge in [0.1, 0.15) is 10.4 Å². The van der Waals surface area contributed by atoms with Gasteiger partial charge in [0.25, 0.3) is 10.0 Å². The van der Waals surface area contributed by atoms with Crippen molar-refractivity contribution in [2.45, 2.75) is 18.4 Å². The summed E-state index contributed by atoms with van der Waals surface area (Å²) in [4.78, 5) is 1.41. The van der Waals surface area contributed by atoms with Crippen LogP contribution in [0.25, 0.3) is 0 Å². The average Bonchev–Trinajstić information content (AvgIpc) is 2.86. The highest BCUT2D eigenvalue weighted by Crippen LogP contribution is 2.27. The van der Waals surface area contributed by atoms with Crippen LogP contribution in [-0.4, -0.2) is 23.7 Å². The molecule has 2 aromatic rings. The lowest BCUT2D eigenvalue weighted by molar-refractivity contribution is 0.285. The summed E-state index contributed by atoms with van der Waals surface area (Å²) in [5, 5.41) is 16.4. The number of aliphatic hydroxyl groups excluding tert-OH is 1. The lowest BCUT2D eigenvalue weighted by atomic mass is 10.4. The fraction of sp³-hybridized carbons (Fsp3) is 0.250. The van der Waals surface area contributed by atoms with Gasteiger partial charge in [-0.15, -0.1) is 21.5 Å². The van der Waals surface area contributed by atoms with Crippen LogP contribution in [0.1, 0.15) is 9.75 Å². The number of sulfonamides is 1. The zero-order valence-electron chi connectivity index (χ0n) is 8.74. The third-order valence-electron chi connectivity index (χ3n) is 1.95. The van der Waals surface area contributed by atoms with Crippen LogP contribution in [-0.2, 0) is 16.6 Å². The number of aryl methyl sites for hydroxylation is 1. The first kappa shape index (κ1) is 12.4. The molecule has 0 aliphatic rings. The number of anilines is 1. The van der Waals surface area contributed by atoms with Crippen molar-refractivity contribution in [3.8, 4) is 0 Å². The number of thiophene rings is 1. The van der Waals surface area contributed by atoms with Gasteiger partial charge in [-0.3, -0.25) is 4.72 Å². The summed E-state index contributed by atoms with van der Waals surface area (Å²) in [5.74, 6) is 0. The van der Waals surface area contributed by atoms with Gasteiger partial charge < -0.3 is 5.11 Å². The van der Waals surface area contributed by atoms with Crippen molar-refractivity contribution in [2.75, 3.05) is 4.72 Å². The second-order valence-corrected chi connectivity index (χ2v) is 6.97. The van der Waals surface area contributed by atoms with E-state index in [1.54, 1.807) is 6.92 Å². The minimum absolute atomic E-state index is 0.167. The van der Waals surface area contributed by atoms with Gasteiger partial charge in [-0.1, -0.05) is 11.3 Å². The van der Waals surface area contributed by atoms with Gasteiger partial charge in [0, 0.05) is 9.75 Å². The molecule has 2 N–H and O–H groups in total. The molecule has 92 valence electrons. The maximum atomic E-state index is 12.0. The standard InChI is InChI=1S/C8H9N3O3S3/c1-5-7(2-6(3-12)16-5)17(13,14)11-8-10-9-4-15-8/h2,4,12H,3H2,1H3,(H,10,11). The fourth-order valence-electron chi connectivity index (χ4n) is 1.26. The van der Waals surface area contributed by atoms with Gasteiger partial charge in [0.05, 0.1) is 6.61 Å². The average molecular weight is 291 g/mol. The third-order valence-corrected chi connectivity index (χ3v) is 5.32. The molecule has 0 aliphatic carbocycles. The van der Waals surface area contributed by atoms with E-state index in [-0.39, 0.29) is 16.6 Å². The molecule has 0 fully saturated rings. The van der Waals surface area contributed by atoms with Gasteiger partial charge in [-0.05, 0) is 13.0 Å². The third kappa shape index (κ3) is 2.63. The van der Waals surface area contributed by atoms with Gasteiger partial charge >= 0.3 is 0 Å². The molecule has 9 heteroatoms. The highest BCUT2D eigenvalue weighted by molar-refractivity contribution is 7.93. The van der Waals surface area contributed by atoms with Crippen LogP contribution < -0.4 is 4.72 Å². The van der Waals surface area contributed by atoms with E-state index in [9.17, 15) is 8.42 Å². The van der Waals surface area contributed by atoms with Crippen LogP contribution in [0.5, 0.6) is 0 Å². The Kier molecular flexibility index (Phi) is 3.43. The van der Waals surface area contributed by atoms with E-state index in [4.69, 9.17) is 5.11 Å². The predicted molar refractivity (Wildman–Crippen MR) is 65.7 cm³/mol. The second kappa shape index (κ2) is 4.69. The summed E-state index contributed by atoms with van der Waals surface area (Å²) in [6.45, 7) is 1.53. The van der Waals surface area contributed by atoms with Gasteiger partial charge in [0.15, 0.2) is 0 Å². The number of aliphatic hydroxyl groups is 1. The molecule has 0 unspecified atom stereocenters. The molecule has 6 nitrogen and oxygen atoms in total. The van der Waals surface area contributed by atoms with Gasteiger partial charge in [-0.25, -0.2) is 8.42 Å². The number of aromatic nitrogens is 2. The molecule has 0 bridgehead atoms. The molecule has 0 saturated heterocycles. The Hall–Kier alpha value is -1.03. The number of hydrogen-bond acceptors (Lipinski definition) is 7. The molecule has 0 atom stereocenters. The SMILES string of the molecule is Cc1sc(CO)cc1S(=O)(=O)Nc1nncs1. The smallest absolute Gasteiger partial charge is 0.264 e. The predicted octanol–water partition coefficient (Wildman–Crippen LogP) is 1.20. The number of rotatable bonds is 4. The van der Waals surface area contributed by atoms with E-state index in [1.807, 2.05) is 0 Å². The quantitative estimate of drug-likeness (QED) is 0.883. The molecule has 0 aliphatic heterocycles. The maximum absolute atomic E-state index is 12.0. The van der Waals surface area contributed by atoms with Crippen LogP contribution in [0.3, 0.4) is 0 Å². The normalized spacial score (nSPS) is 11.6. The highest BCUT2D eigenvalue weighted by Gasteiger charge is 2.20. The van der Waals surface area contributed by atoms with Crippen LogP contribution >= 0.6 is 22.7 Å². The topological polar surface area (TPSA) is 92.2 Å². The number of hydrogen-bond donors (Lipinski definition) is 2. The summed E-state index contributed by atoms with van der Waals surface area (Å²) in [6.07, 6.45) is 0. The number of nitrogens with one attached hydrogen (secondary N) is 1. The lowest BCUT2D eigenvalue weighted by Crippen LogP contribution is -2.12. The molecular formula is C8H9N3O3S3. The van der Waals surface area contributed by atoms with Crippen LogP contribution in [0.2, 0.25) is 0 Å². The zero-order valence-corrected chi connectivity index (χ0v) is 11.2. The van der Waals surface area contributed by atoms with Crippen molar-refractivity contribution < 1.29 is 13.5 Å². The monoisotopic (exact) mass is 291 g/mol. The van der Waals surface area contributed by atoms with Crippen molar-refractivity contribution in [1.82, 2.24) is 10.2 Å². The van der Waals surface area contributed by atoms with E-state index in [0.717, 1.165) is 11.3 Å². The molecule has 2 rings (SSSR count). The van der Waals surface area contributed by atoms with E-state index in [1.165, 1.54) is 22.9 Å². The van der Waals surface area contributed by atoms with Gasteiger partial charge in [0.2, 0.25) is 5.13 Å². The Morgan fingerprint density at radius 2 is 2.29 bits per heavy atom. The molecule has 0 radical (unpaired) electrons. The Morgan fingerprint density at radius 3 is 2.82 bits per heavy atom. The summed E-state index contributed by atoms with van der Waals surface area (Å²) < 4.78 is 26.3. The van der Waals surface area contributed by atoms with Crippen molar-refractivity contribution in [3.63, 3.8) is 0 Å². The molecule has 0 spiro atoms. The Bertz CT molecular complexity index is 603. The molecule has 0 aromatic carbocycles. The number of nitrogens with zero attached hydrogens (tertiary/aromatic N) is 2. The van der Waals surface area contributed by atoms with Gasteiger partial charge in [-0.2, -0.15) is 0 Å². The van der Waals surface area contributed by atoms with E-state index in [2.05, 4.69) is 14.9 Å².